The van der Waals surface area contributed by atoms with Gasteiger partial charge in [0.25, 0.3) is 5.91 Å². The molecular formula is C23H29N3O3S. The van der Waals surface area contributed by atoms with Crippen molar-refractivity contribution in [2.24, 2.45) is 0 Å². The lowest BCUT2D eigenvalue weighted by atomic mass is 10.1. The van der Waals surface area contributed by atoms with E-state index < -0.39 is 0 Å². The highest BCUT2D eigenvalue weighted by atomic mass is 32.2. The van der Waals surface area contributed by atoms with Gasteiger partial charge in [0, 0.05) is 30.8 Å². The van der Waals surface area contributed by atoms with Crippen molar-refractivity contribution in [1.29, 1.82) is 0 Å². The summed E-state index contributed by atoms with van der Waals surface area (Å²) >= 11 is 1.43. The standard InChI is InChI=1S/C23H29N3O3S/c1-17-9-11-18(12-10-17)5-3-8-21(27)24-13-14-25-23(29)19-6-4-7-20(15-19)26-22(28)16-30-2/h4,6-7,9-12,15H,3,5,8,13-14,16H2,1-2H3,(H,24,27)(H,25,29)(H,26,28). The molecule has 0 saturated carbocycles. The van der Waals surface area contributed by atoms with E-state index in [1.165, 1.54) is 22.9 Å². The molecule has 0 aliphatic carbocycles. The Morgan fingerprint density at radius 3 is 2.40 bits per heavy atom. The molecule has 0 heterocycles. The minimum atomic E-state index is -0.246. The second-order valence-corrected chi connectivity index (χ2v) is 7.87. The third-order valence-corrected chi connectivity index (χ3v) is 4.96. The molecule has 0 saturated heterocycles. The minimum Gasteiger partial charge on any atom is -0.354 e. The molecule has 3 N–H and O–H groups in total. The summed E-state index contributed by atoms with van der Waals surface area (Å²) in [7, 11) is 0. The van der Waals surface area contributed by atoms with E-state index in [0.29, 0.717) is 36.5 Å². The second-order valence-electron chi connectivity index (χ2n) is 7.01. The number of thioether (sulfide) groups is 1. The van der Waals surface area contributed by atoms with E-state index in [1.54, 1.807) is 24.3 Å². The average molecular weight is 428 g/mol. The molecule has 0 aliphatic heterocycles. The first-order valence-electron chi connectivity index (χ1n) is 9.97. The van der Waals surface area contributed by atoms with Crippen molar-refractivity contribution in [3.63, 3.8) is 0 Å². The van der Waals surface area contributed by atoms with Crippen LogP contribution in [0.5, 0.6) is 0 Å². The molecule has 0 fully saturated rings. The Morgan fingerprint density at radius 2 is 1.67 bits per heavy atom. The van der Waals surface area contributed by atoms with E-state index in [0.717, 1.165) is 12.8 Å². The number of carbonyl (C=O) groups is 3. The highest BCUT2D eigenvalue weighted by molar-refractivity contribution is 7.99. The molecular weight excluding hydrogens is 398 g/mol. The van der Waals surface area contributed by atoms with Crippen molar-refractivity contribution in [1.82, 2.24) is 10.6 Å². The van der Waals surface area contributed by atoms with Gasteiger partial charge < -0.3 is 16.0 Å². The fourth-order valence-corrected chi connectivity index (χ4v) is 3.18. The summed E-state index contributed by atoms with van der Waals surface area (Å²) in [5, 5.41) is 8.36. The quantitative estimate of drug-likeness (QED) is 0.481. The number of nitrogens with one attached hydrogen (secondary N) is 3. The number of carbonyl (C=O) groups excluding carboxylic acids is 3. The molecule has 2 rings (SSSR count). The Kier molecular flexibility index (Phi) is 9.94. The molecule has 2 aromatic rings. The average Bonchev–Trinajstić information content (AvgIpc) is 2.73. The van der Waals surface area contributed by atoms with Gasteiger partial charge in [0.05, 0.1) is 5.75 Å². The van der Waals surface area contributed by atoms with Crippen LogP contribution in [0.4, 0.5) is 5.69 Å². The molecule has 2 aromatic carbocycles. The lowest BCUT2D eigenvalue weighted by Crippen LogP contribution is -2.34. The van der Waals surface area contributed by atoms with Crippen LogP contribution in [0.1, 0.15) is 34.3 Å². The normalized spacial score (nSPS) is 10.3. The maximum Gasteiger partial charge on any atom is 0.251 e. The molecule has 0 aromatic heterocycles. The van der Waals surface area contributed by atoms with Crippen molar-refractivity contribution >= 4 is 35.2 Å². The summed E-state index contributed by atoms with van der Waals surface area (Å²) in [6.07, 6.45) is 3.97. The van der Waals surface area contributed by atoms with Gasteiger partial charge in [-0.25, -0.2) is 0 Å². The van der Waals surface area contributed by atoms with Crippen molar-refractivity contribution in [3.8, 4) is 0 Å². The summed E-state index contributed by atoms with van der Waals surface area (Å²) in [6.45, 7) is 2.77. The molecule has 3 amide bonds. The van der Waals surface area contributed by atoms with Gasteiger partial charge in [-0.3, -0.25) is 14.4 Å². The molecule has 0 bridgehead atoms. The summed E-state index contributed by atoms with van der Waals surface area (Å²) in [5.41, 5.74) is 3.50. The predicted molar refractivity (Wildman–Crippen MR) is 123 cm³/mol. The largest absolute Gasteiger partial charge is 0.354 e. The third kappa shape index (κ3) is 8.69. The van der Waals surface area contributed by atoms with Gasteiger partial charge in [-0.2, -0.15) is 11.8 Å². The number of aryl methyl sites for hydroxylation is 2. The fraction of sp³-hybridized carbons (Fsp3) is 0.348. The van der Waals surface area contributed by atoms with Crippen LogP contribution in [0, 0.1) is 6.92 Å². The Bertz CT molecular complexity index is 853. The van der Waals surface area contributed by atoms with Crippen LogP contribution < -0.4 is 16.0 Å². The number of rotatable bonds is 11. The number of hydrogen-bond donors (Lipinski definition) is 3. The zero-order valence-corrected chi connectivity index (χ0v) is 18.3. The van der Waals surface area contributed by atoms with Crippen LogP contribution in [0.15, 0.2) is 48.5 Å². The van der Waals surface area contributed by atoms with Crippen LogP contribution in [-0.4, -0.2) is 42.8 Å². The van der Waals surface area contributed by atoms with Gasteiger partial charge >= 0.3 is 0 Å². The fourth-order valence-electron chi connectivity index (χ4n) is 2.84. The van der Waals surface area contributed by atoms with Gasteiger partial charge in [-0.05, 0) is 49.8 Å². The molecule has 160 valence electrons. The predicted octanol–water partition coefficient (Wildman–Crippen LogP) is 3.17. The number of benzene rings is 2. The third-order valence-electron chi connectivity index (χ3n) is 4.41. The second kappa shape index (κ2) is 12.7. The summed E-state index contributed by atoms with van der Waals surface area (Å²) < 4.78 is 0. The van der Waals surface area contributed by atoms with Gasteiger partial charge in [0.1, 0.15) is 0 Å². The number of anilines is 1. The Balaban J connectivity index is 1.64. The minimum absolute atomic E-state index is 0.0186. The number of amides is 3. The van der Waals surface area contributed by atoms with Crippen molar-refractivity contribution in [3.05, 3.63) is 65.2 Å². The highest BCUT2D eigenvalue weighted by Gasteiger charge is 2.08. The molecule has 0 atom stereocenters. The SMILES string of the molecule is CSCC(=O)Nc1cccc(C(=O)NCCNC(=O)CCCc2ccc(C)cc2)c1. The zero-order chi connectivity index (χ0) is 21.8. The van der Waals surface area contributed by atoms with Crippen LogP contribution in [-0.2, 0) is 16.0 Å². The smallest absolute Gasteiger partial charge is 0.251 e. The monoisotopic (exact) mass is 427 g/mol. The van der Waals surface area contributed by atoms with Crippen molar-refractivity contribution in [2.75, 3.05) is 30.4 Å². The summed E-state index contributed by atoms with van der Waals surface area (Å²) in [5.74, 6) is -0.00850. The Labute approximate surface area is 182 Å². The van der Waals surface area contributed by atoms with E-state index in [1.807, 2.05) is 6.26 Å². The van der Waals surface area contributed by atoms with Crippen LogP contribution >= 0.6 is 11.8 Å². The van der Waals surface area contributed by atoms with E-state index >= 15 is 0 Å². The molecule has 0 aliphatic rings. The van der Waals surface area contributed by atoms with Crippen molar-refractivity contribution < 1.29 is 14.4 Å². The topological polar surface area (TPSA) is 87.3 Å². The van der Waals surface area contributed by atoms with Crippen molar-refractivity contribution in [2.45, 2.75) is 26.2 Å². The Morgan fingerprint density at radius 1 is 0.933 bits per heavy atom. The van der Waals surface area contributed by atoms with Gasteiger partial charge in [0.15, 0.2) is 0 Å². The first kappa shape index (κ1) is 23.5. The van der Waals surface area contributed by atoms with E-state index in [2.05, 4.69) is 47.1 Å². The van der Waals surface area contributed by atoms with Crippen LogP contribution in [0.3, 0.4) is 0 Å². The lowest BCUT2D eigenvalue weighted by Gasteiger charge is -2.09. The number of hydrogen-bond acceptors (Lipinski definition) is 4. The maximum atomic E-state index is 12.3. The molecule has 30 heavy (non-hydrogen) atoms. The summed E-state index contributed by atoms with van der Waals surface area (Å²) in [6, 6.07) is 15.1. The molecule has 0 unspecified atom stereocenters. The van der Waals surface area contributed by atoms with Gasteiger partial charge in [-0.1, -0.05) is 35.9 Å². The first-order chi connectivity index (χ1) is 14.5. The van der Waals surface area contributed by atoms with Crippen LogP contribution in [0.25, 0.3) is 0 Å². The van der Waals surface area contributed by atoms with E-state index in [4.69, 9.17) is 0 Å². The maximum absolute atomic E-state index is 12.3. The molecule has 7 heteroatoms. The Hall–Kier alpha value is -2.80. The van der Waals surface area contributed by atoms with Gasteiger partial charge in [0.2, 0.25) is 11.8 Å². The molecule has 0 spiro atoms. The van der Waals surface area contributed by atoms with E-state index in [9.17, 15) is 14.4 Å². The molecule has 6 nitrogen and oxygen atoms in total. The first-order valence-corrected chi connectivity index (χ1v) is 11.4. The summed E-state index contributed by atoms with van der Waals surface area (Å²) in [4.78, 5) is 35.9. The lowest BCUT2D eigenvalue weighted by molar-refractivity contribution is -0.121. The van der Waals surface area contributed by atoms with Crippen LogP contribution in [0.2, 0.25) is 0 Å². The van der Waals surface area contributed by atoms with E-state index in [-0.39, 0.29) is 17.7 Å². The highest BCUT2D eigenvalue weighted by Crippen LogP contribution is 2.11. The zero-order valence-electron chi connectivity index (χ0n) is 17.5. The molecule has 0 radical (unpaired) electrons. The van der Waals surface area contributed by atoms with Gasteiger partial charge in [-0.15, -0.1) is 0 Å².